The van der Waals surface area contributed by atoms with Gasteiger partial charge in [0, 0.05) is 49.5 Å². The van der Waals surface area contributed by atoms with Crippen LogP contribution in [0.5, 0.6) is 5.75 Å². The van der Waals surface area contributed by atoms with E-state index in [0.717, 1.165) is 49.7 Å². The number of ether oxygens (including phenoxy) is 1. The Kier molecular flexibility index (Phi) is 7.93. The van der Waals surface area contributed by atoms with Crippen molar-refractivity contribution in [2.75, 3.05) is 43.0 Å². The molecule has 0 bridgehead atoms. The van der Waals surface area contributed by atoms with Crippen LogP contribution in [0.2, 0.25) is 0 Å². The predicted octanol–water partition coefficient (Wildman–Crippen LogP) is 4.42. The van der Waals surface area contributed by atoms with Crippen molar-refractivity contribution in [1.82, 2.24) is 4.90 Å². The third-order valence-electron chi connectivity index (χ3n) is 5.29. The average molecular weight is 424 g/mol. The molecule has 1 aliphatic rings. The molecule has 31 heavy (non-hydrogen) atoms. The van der Waals surface area contributed by atoms with Crippen molar-refractivity contribution in [3.8, 4) is 5.75 Å². The average Bonchev–Trinajstić information content (AvgIpc) is 2.78. The lowest BCUT2D eigenvalue weighted by Gasteiger charge is -2.36. The van der Waals surface area contributed by atoms with Gasteiger partial charge in [-0.1, -0.05) is 20.8 Å². The summed E-state index contributed by atoms with van der Waals surface area (Å²) in [6.45, 7) is 10.0. The van der Waals surface area contributed by atoms with E-state index in [1.807, 2.05) is 41.3 Å². The van der Waals surface area contributed by atoms with Gasteiger partial charge in [-0.3, -0.25) is 9.59 Å². The van der Waals surface area contributed by atoms with E-state index >= 15 is 0 Å². The van der Waals surface area contributed by atoms with E-state index in [9.17, 15) is 9.59 Å². The first-order chi connectivity index (χ1) is 15.0. The predicted molar refractivity (Wildman–Crippen MR) is 125 cm³/mol. The molecular formula is C25H33N3O3. The number of hydrogen-bond donors (Lipinski definition) is 1. The Hall–Kier alpha value is -3.02. The number of piperazine rings is 1. The van der Waals surface area contributed by atoms with E-state index in [1.54, 1.807) is 12.1 Å². The van der Waals surface area contributed by atoms with Crippen LogP contribution in [0.15, 0.2) is 48.5 Å². The summed E-state index contributed by atoms with van der Waals surface area (Å²) in [4.78, 5) is 29.0. The maximum atomic E-state index is 12.5. The molecule has 0 aromatic heterocycles. The van der Waals surface area contributed by atoms with Crippen LogP contribution in [0.25, 0.3) is 0 Å². The number of benzene rings is 2. The Morgan fingerprint density at radius 2 is 1.61 bits per heavy atom. The fourth-order valence-electron chi connectivity index (χ4n) is 3.57. The molecule has 1 N–H and O–H groups in total. The SMILES string of the molecule is CCCOc1ccc(C(=O)Nc2ccc(N3CCN(C(=O)CC(C)C)CC3)cc2)cc1. The summed E-state index contributed by atoms with van der Waals surface area (Å²) in [6, 6.07) is 15.1. The normalized spacial score (nSPS) is 13.9. The zero-order valence-electron chi connectivity index (χ0n) is 18.8. The van der Waals surface area contributed by atoms with Gasteiger partial charge in [-0.15, -0.1) is 0 Å². The topological polar surface area (TPSA) is 61.9 Å². The fourth-order valence-corrected chi connectivity index (χ4v) is 3.57. The molecule has 2 aromatic rings. The van der Waals surface area contributed by atoms with Crippen molar-refractivity contribution < 1.29 is 14.3 Å². The third kappa shape index (κ3) is 6.48. The minimum absolute atomic E-state index is 0.146. The van der Waals surface area contributed by atoms with Crippen molar-refractivity contribution in [1.29, 1.82) is 0 Å². The summed E-state index contributed by atoms with van der Waals surface area (Å²) >= 11 is 0. The van der Waals surface area contributed by atoms with Gasteiger partial charge < -0.3 is 19.9 Å². The maximum absolute atomic E-state index is 12.5. The highest BCUT2D eigenvalue weighted by Gasteiger charge is 2.21. The Labute approximate surface area is 185 Å². The molecule has 0 radical (unpaired) electrons. The van der Waals surface area contributed by atoms with Crippen LogP contribution in [0.4, 0.5) is 11.4 Å². The number of hydrogen-bond acceptors (Lipinski definition) is 4. The lowest BCUT2D eigenvalue weighted by atomic mass is 10.1. The minimum atomic E-state index is -0.146. The zero-order chi connectivity index (χ0) is 22.2. The molecular weight excluding hydrogens is 390 g/mol. The molecule has 2 aromatic carbocycles. The van der Waals surface area contributed by atoms with Crippen molar-refractivity contribution in [2.24, 2.45) is 5.92 Å². The summed E-state index contributed by atoms with van der Waals surface area (Å²) in [5, 5.41) is 2.94. The van der Waals surface area contributed by atoms with Gasteiger partial charge in [-0.05, 0) is 60.9 Å². The lowest BCUT2D eigenvalue weighted by molar-refractivity contribution is -0.132. The van der Waals surface area contributed by atoms with Crippen LogP contribution in [0.1, 0.15) is 44.0 Å². The van der Waals surface area contributed by atoms with Crippen LogP contribution < -0.4 is 15.0 Å². The molecule has 0 atom stereocenters. The van der Waals surface area contributed by atoms with Crippen LogP contribution in [0.3, 0.4) is 0 Å². The molecule has 0 aliphatic carbocycles. The Morgan fingerprint density at radius 3 is 2.19 bits per heavy atom. The van der Waals surface area contributed by atoms with Crippen LogP contribution in [-0.2, 0) is 4.79 Å². The number of carbonyl (C=O) groups is 2. The molecule has 6 nitrogen and oxygen atoms in total. The summed E-state index contributed by atoms with van der Waals surface area (Å²) in [5.74, 6) is 1.26. The zero-order valence-corrected chi connectivity index (χ0v) is 18.8. The number of rotatable bonds is 8. The van der Waals surface area contributed by atoms with Gasteiger partial charge in [0.2, 0.25) is 5.91 Å². The molecule has 0 saturated carbocycles. The van der Waals surface area contributed by atoms with E-state index in [-0.39, 0.29) is 11.8 Å². The molecule has 1 fully saturated rings. The third-order valence-corrected chi connectivity index (χ3v) is 5.29. The van der Waals surface area contributed by atoms with Crippen LogP contribution in [0, 0.1) is 5.92 Å². The van der Waals surface area contributed by atoms with E-state index in [0.29, 0.717) is 24.5 Å². The van der Waals surface area contributed by atoms with Crippen LogP contribution in [-0.4, -0.2) is 49.5 Å². The number of carbonyl (C=O) groups excluding carboxylic acids is 2. The Balaban J connectivity index is 1.51. The second-order valence-corrected chi connectivity index (χ2v) is 8.34. The second kappa shape index (κ2) is 10.8. The van der Waals surface area contributed by atoms with Gasteiger partial charge in [0.15, 0.2) is 0 Å². The molecule has 3 rings (SSSR count). The van der Waals surface area contributed by atoms with E-state index in [2.05, 4.69) is 31.0 Å². The highest BCUT2D eigenvalue weighted by Crippen LogP contribution is 2.21. The Bertz CT molecular complexity index is 855. The quantitative estimate of drug-likeness (QED) is 0.683. The van der Waals surface area contributed by atoms with E-state index < -0.39 is 0 Å². The first-order valence-electron chi connectivity index (χ1n) is 11.1. The number of nitrogens with zero attached hydrogens (tertiary/aromatic N) is 2. The number of anilines is 2. The largest absolute Gasteiger partial charge is 0.494 e. The van der Waals surface area contributed by atoms with Crippen molar-refractivity contribution in [3.63, 3.8) is 0 Å². The van der Waals surface area contributed by atoms with Gasteiger partial charge in [0.1, 0.15) is 5.75 Å². The molecule has 0 unspecified atom stereocenters. The van der Waals surface area contributed by atoms with Gasteiger partial charge in [0.25, 0.3) is 5.91 Å². The molecule has 2 amide bonds. The van der Waals surface area contributed by atoms with Gasteiger partial charge in [-0.2, -0.15) is 0 Å². The highest BCUT2D eigenvalue weighted by atomic mass is 16.5. The van der Waals surface area contributed by atoms with Gasteiger partial charge >= 0.3 is 0 Å². The summed E-state index contributed by atoms with van der Waals surface area (Å²) < 4.78 is 5.56. The molecule has 6 heteroatoms. The van der Waals surface area contributed by atoms with E-state index in [4.69, 9.17) is 4.74 Å². The maximum Gasteiger partial charge on any atom is 0.255 e. The Morgan fingerprint density at radius 1 is 0.968 bits per heavy atom. The van der Waals surface area contributed by atoms with Gasteiger partial charge in [-0.25, -0.2) is 0 Å². The van der Waals surface area contributed by atoms with E-state index in [1.165, 1.54) is 0 Å². The minimum Gasteiger partial charge on any atom is -0.494 e. The first-order valence-corrected chi connectivity index (χ1v) is 11.1. The number of nitrogens with one attached hydrogen (secondary N) is 1. The molecule has 0 spiro atoms. The van der Waals surface area contributed by atoms with Crippen molar-refractivity contribution in [3.05, 3.63) is 54.1 Å². The molecule has 1 aliphatic heterocycles. The lowest BCUT2D eigenvalue weighted by Crippen LogP contribution is -2.49. The van der Waals surface area contributed by atoms with Gasteiger partial charge in [0.05, 0.1) is 6.61 Å². The first kappa shape index (κ1) is 22.7. The smallest absolute Gasteiger partial charge is 0.255 e. The highest BCUT2D eigenvalue weighted by molar-refractivity contribution is 6.04. The number of amides is 2. The molecule has 166 valence electrons. The summed E-state index contributed by atoms with van der Waals surface area (Å²) in [5.41, 5.74) is 2.45. The van der Waals surface area contributed by atoms with Crippen molar-refractivity contribution in [2.45, 2.75) is 33.6 Å². The second-order valence-electron chi connectivity index (χ2n) is 8.34. The molecule has 1 heterocycles. The standard InChI is InChI=1S/C25H33N3O3/c1-4-17-31-23-11-5-20(6-12-23)25(30)26-21-7-9-22(10-8-21)27-13-15-28(16-14-27)24(29)18-19(2)3/h5-12,19H,4,13-18H2,1-3H3,(H,26,30). The molecule has 1 saturated heterocycles. The monoisotopic (exact) mass is 423 g/mol. The van der Waals surface area contributed by atoms with Crippen molar-refractivity contribution >= 4 is 23.2 Å². The summed E-state index contributed by atoms with van der Waals surface area (Å²) in [7, 11) is 0. The fraction of sp³-hybridized carbons (Fsp3) is 0.440. The van der Waals surface area contributed by atoms with Crippen LogP contribution >= 0.6 is 0 Å². The summed E-state index contributed by atoms with van der Waals surface area (Å²) in [6.07, 6.45) is 1.56.